The molecule has 2 aromatic rings. The monoisotopic (exact) mass is 370 g/mol. The molecule has 2 N–H and O–H groups in total. The minimum absolute atomic E-state index is 0.132. The number of anilines is 1. The molecular weight excluding hydrogens is 355 g/mol. The SMILES string of the molecule is Cc1cccc(CS(=O)(=O)NCC(=O)Nc2ccc(F)c(Cl)c2)c1. The molecule has 0 saturated heterocycles. The van der Waals surface area contributed by atoms with Gasteiger partial charge in [0.25, 0.3) is 0 Å². The zero-order valence-corrected chi connectivity index (χ0v) is 14.4. The van der Waals surface area contributed by atoms with Gasteiger partial charge in [-0.2, -0.15) is 0 Å². The second-order valence-electron chi connectivity index (χ2n) is 5.25. The first kappa shape index (κ1) is 18.4. The van der Waals surface area contributed by atoms with Gasteiger partial charge in [-0.1, -0.05) is 41.4 Å². The van der Waals surface area contributed by atoms with Gasteiger partial charge in [0.15, 0.2) is 0 Å². The van der Waals surface area contributed by atoms with Crippen molar-refractivity contribution >= 4 is 33.2 Å². The van der Waals surface area contributed by atoms with Crippen LogP contribution in [0.2, 0.25) is 5.02 Å². The van der Waals surface area contributed by atoms with E-state index in [1.54, 1.807) is 18.2 Å². The van der Waals surface area contributed by atoms with E-state index in [2.05, 4.69) is 10.0 Å². The summed E-state index contributed by atoms with van der Waals surface area (Å²) >= 11 is 5.61. The summed E-state index contributed by atoms with van der Waals surface area (Å²) in [7, 11) is -3.65. The first-order chi connectivity index (χ1) is 11.2. The van der Waals surface area contributed by atoms with Crippen LogP contribution in [0.15, 0.2) is 42.5 Å². The number of hydrogen-bond donors (Lipinski definition) is 2. The molecule has 0 fully saturated rings. The zero-order valence-electron chi connectivity index (χ0n) is 12.8. The fraction of sp³-hybridized carbons (Fsp3) is 0.188. The van der Waals surface area contributed by atoms with Gasteiger partial charge in [0.2, 0.25) is 15.9 Å². The zero-order chi connectivity index (χ0) is 17.7. The lowest BCUT2D eigenvalue weighted by Crippen LogP contribution is -2.33. The number of amides is 1. The number of hydrogen-bond acceptors (Lipinski definition) is 3. The van der Waals surface area contributed by atoms with Crippen molar-refractivity contribution in [3.8, 4) is 0 Å². The molecule has 0 atom stereocenters. The molecule has 2 rings (SSSR count). The van der Waals surface area contributed by atoms with Gasteiger partial charge in [-0.05, 0) is 30.7 Å². The molecule has 0 aliphatic carbocycles. The lowest BCUT2D eigenvalue weighted by Gasteiger charge is -2.09. The van der Waals surface area contributed by atoms with Gasteiger partial charge in [0.1, 0.15) is 5.82 Å². The Morgan fingerprint density at radius 3 is 2.62 bits per heavy atom. The highest BCUT2D eigenvalue weighted by Gasteiger charge is 2.14. The van der Waals surface area contributed by atoms with Gasteiger partial charge in [-0.15, -0.1) is 0 Å². The molecule has 0 heterocycles. The van der Waals surface area contributed by atoms with Crippen molar-refractivity contribution in [1.29, 1.82) is 0 Å². The lowest BCUT2D eigenvalue weighted by atomic mass is 10.2. The largest absolute Gasteiger partial charge is 0.325 e. The lowest BCUT2D eigenvalue weighted by molar-refractivity contribution is -0.115. The van der Waals surface area contributed by atoms with E-state index in [0.717, 1.165) is 11.6 Å². The number of aryl methyl sites for hydroxylation is 1. The highest BCUT2D eigenvalue weighted by atomic mass is 35.5. The molecule has 0 aromatic heterocycles. The minimum atomic E-state index is -3.65. The van der Waals surface area contributed by atoms with E-state index in [4.69, 9.17) is 11.6 Å². The summed E-state index contributed by atoms with van der Waals surface area (Å²) in [6.07, 6.45) is 0. The Labute approximate surface area is 144 Å². The Hall–Kier alpha value is -1.96. The Balaban J connectivity index is 1.91. The average Bonchev–Trinajstić information content (AvgIpc) is 2.49. The molecule has 0 aliphatic heterocycles. The van der Waals surface area contributed by atoms with Gasteiger partial charge in [0.05, 0.1) is 17.3 Å². The summed E-state index contributed by atoms with van der Waals surface area (Å²) in [5.41, 5.74) is 1.87. The molecule has 128 valence electrons. The summed E-state index contributed by atoms with van der Waals surface area (Å²) in [5.74, 6) is -1.40. The van der Waals surface area contributed by atoms with Crippen LogP contribution in [0.5, 0.6) is 0 Å². The first-order valence-electron chi connectivity index (χ1n) is 7.03. The summed E-state index contributed by atoms with van der Waals surface area (Å²) in [6.45, 7) is 1.44. The quantitative estimate of drug-likeness (QED) is 0.821. The van der Waals surface area contributed by atoms with Crippen molar-refractivity contribution in [2.45, 2.75) is 12.7 Å². The predicted molar refractivity (Wildman–Crippen MR) is 91.8 cm³/mol. The molecule has 0 spiro atoms. The van der Waals surface area contributed by atoms with Crippen molar-refractivity contribution in [2.75, 3.05) is 11.9 Å². The number of carbonyl (C=O) groups excluding carboxylic acids is 1. The van der Waals surface area contributed by atoms with E-state index in [1.165, 1.54) is 12.1 Å². The van der Waals surface area contributed by atoms with E-state index in [-0.39, 0.29) is 16.5 Å². The van der Waals surface area contributed by atoms with E-state index < -0.39 is 28.3 Å². The van der Waals surface area contributed by atoms with Crippen molar-refractivity contribution in [3.63, 3.8) is 0 Å². The van der Waals surface area contributed by atoms with Crippen LogP contribution in [-0.4, -0.2) is 20.9 Å². The van der Waals surface area contributed by atoms with E-state index in [0.29, 0.717) is 5.56 Å². The first-order valence-corrected chi connectivity index (χ1v) is 9.06. The highest BCUT2D eigenvalue weighted by Crippen LogP contribution is 2.19. The molecule has 5 nitrogen and oxygen atoms in total. The van der Waals surface area contributed by atoms with Crippen molar-refractivity contribution < 1.29 is 17.6 Å². The second kappa shape index (κ2) is 7.74. The van der Waals surface area contributed by atoms with E-state index in [9.17, 15) is 17.6 Å². The molecule has 0 aliphatic rings. The smallest absolute Gasteiger partial charge is 0.239 e. The molecule has 8 heteroatoms. The van der Waals surface area contributed by atoms with Gasteiger partial charge < -0.3 is 5.32 Å². The van der Waals surface area contributed by atoms with Gasteiger partial charge in [-0.3, -0.25) is 4.79 Å². The van der Waals surface area contributed by atoms with Gasteiger partial charge in [0, 0.05) is 5.69 Å². The Morgan fingerprint density at radius 1 is 1.21 bits per heavy atom. The molecule has 24 heavy (non-hydrogen) atoms. The Morgan fingerprint density at radius 2 is 1.96 bits per heavy atom. The standard InChI is InChI=1S/C16H16ClFN2O3S/c1-11-3-2-4-12(7-11)10-24(22,23)19-9-16(21)20-13-5-6-15(18)14(17)8-13/h2-8,19H,9-10H2,1H3,(H,20,21). The number of benzene rings is 2. The molecule has 0 saturated carbocycles. The fourth-order valence-corrected chi connectivity index (χ4v) is 3.28. The third kappa shape index (κ3) is 5.59. The molecule has 0 bridgehead atoms. The summed E-state index contributed by atoms with van der Waals surface area (Å²) in [4.78, 5) is 11.8. The van der Waals surface area contributed by atoms with Gasteiger partial charge >= 0.3 is 0 Å². The maximum atomic E-state index is 13.0. The third-order valence-corrected chi connectivity index (χ3v) is 4.68. The summed E-state index contributed by atoms with van der Waals surface area (Å²) in [6, 6.07) is 10.8. The topological polar surface area (TPSA) is 75.3 Å². The number of halogens is 2. The van der Waals surface area contributed by atoms with Crippen LogP contribution in [0.3, 0.4) is 0 Å². The predicted octanol–water partition coefficient (Wildman–Crippen LogP) is 2.85. The molecule has 0 unspecified atom stereocenters. The molecular formula is C16H16ClFN2O3S. The van der Waals surface area contributed by atoms with Crippen molar-refractivity contribution in [1.82, 2.24) is 4.72 Å². The van der Waals surface area contributed by atoms with Crippen molar-refractivity contribution in [2.24, 2.45) is 0 Å². The van der Waals surface area contributed by atoms with Crippen LogP contribution in [0, 0.1) is 12.7 Å². The third-order valence-electron chi connectivity index (χ3n) is 3.10. The van der Waals surface area contributed by atoms with Crippen LogP contribution < -0.4 is 10.0 Å². The normalized spacial score (nSPS) is 11.3. The second-order valence-corrected chi connectivity index (χ2v) is 7.46. The van der Waals surface area contributed by atoms with Crippen molar-refractivity contribution in [3.05, 3.63) is 64.4 Å². The van der Waals surface area contributed by atoms with Crippen LogP contribution in [0.25, 0.3) is 0 Å². The average molecular weight is 371 g/mol. The van der Waals surface area contributed by atoms with Crippen LogP contribution in [-0.2, 0) is 20.6 Å². The van der Waals surface area contributed by atoms with Crippen LogP contribution in [0.4, 0.5) is 10.1 Å². The van der Waals surface area contributed by atoms with Crippen LogP contribution >= 0.6 is 11.6 Å². The molecule has 2 aromatic carbocycles. The fourth-order valence-electron chi connectivity index (χ4n) is 2.03. The van der Waals surface area contributed by atoms with Gasteiger partial charge in [-0.25, -0.2) is 17.5 Å². The van der Waals surface area contributed by atoms with Crippen LogP contribution in [0.1, 0.15) is 11.1 Å². The highest BCUT2D eigenvalue weighted by molar-refractivity contribution is 7.88. The Kier molecular flexibility index (Phi) is 5.93. The van der Waals surface area contributed by atoms with E-state index in [1.807, 2.05) is 13.0 Å². The Bertz CT molecular complexity index is 856. The molecule has 0 radical (unpaired) electrons. The number of sulfonamides is 1. The maximum absolute atomic E-state index is 13.0. The summed E-state index contributed by atoms with van der Waals surface area (Å²) in [5, 5.41) is 2.31. The number of rotatable bonds is 6. The maximum Gasteiger partial charge on any atom is 0.239 e. The minimum Gasteiger partial charge on any atom is -0.325 e. The van der Waals surface area contributed by atoms with E-state index >= 15 is 0 Å². The summed E-state index contributed by atoms with van der Waals surface area (Å²) < 4.78 is 39.3. The molecule has 1 amide bonds. The number of nitrogens with one attached hydrogen (secondary N) is 2. The number of carbonyl (C=O) groups is 1.